The Hall–Kier alpha value is -2.66. The Kier molecular flexibility index (Phi) is 5.07. The number of hydrogen-bond acceptors (Lipinski definition) is 4. The van der Waals surface area contributed by atoms with Crippen LogP contribution in [0.25, 0.3) is 10.9 Å². The van der Waals surface area contributed by atoms with E-state index in [0.29, 0.717) is 6.42 Å². The summed E-state index contributed by atoms with van der Waals surface area (Å²) in [5.74, 6) is 1.24. The molecule has 5 rings (SSSR count). The van der Waals surface area contributed by atoms with E-state index in [4.69, 9.17) is 11.6 Å². The van der Waals surface area contributed by atoms with Crippen LogP contribution in [0.15, 0.2) is 54.9 Å². The predicted molar refractivity (Wildman–Crippen MR) is 120 cm³/mol. The lowest BCUT2D eigenvalue weighted by molar-refractivity contribution is -0.134. The maximum atomic E-state index is 13.0. The molecule has 0 N–H and O–H groups in total. The molecule has 2 saturated heterocycles. The van der Waals surface area contributed by atoms with Gasteiger partial charge in [0, 0.05) is 36.5 Å². The highest BCUT2D eigenvalue weighted by atomic mass is 35.5. The Labute approximate surface area is 181 Å². The van der Waals surface area contributed by atoms with Gasteiger partial charge in [-0.2, -0.15) is 0 Å². The van der Waals surface area contributed by atoms with Gasteiger partial charge in [0.15, 0.2) is 0 Å². The second kappa shape index (κ2) is 7.88. The quantitative estimate of drug-likeness (QED) is 0.624. The average molecular weight is 421 g/mol. The number of aryl methyl sites for hydroxylation is 1. The number of amides is 1. The molecule has 6 heteroatoms. The molecule has 1 spiro atoms. The van der Waals surface area contributed by atoms with E-state index in [9.17, 15) is 4.79 Å². The summed E-state index contributed by atoms with van der Waals surface area (Å²) >= 11 is 5.96. The molecule has 1 amide bonds. The molecular formula is C24H25ClN4O. The van der Waals surface area contributed by atoms with Crippen molar-refractivity contribution in [3.63, 3.8) is 0 Å². The summed E-state index contributed by atoms with van der Waals surface area (Å²) in [6, 6.07) is 15.9. The van der Waals surface area contributed by atoms with Crippen LogP contribution in [0.3, 0.4) is 0 Å². The van der Waals surface area contributed by atoms with E-state index in [-0.39, 0.29) is 11.4 Å². The van der Waals surface area contributed by atoms with E-state index >= 15 is 0 Å². The molecule has 3 aromatic rings. The molecule has 0 radical (unpaired) electrons. The summed E-state index contributed by atoms with van der Waals surface area (Å²) < 4.78 is 0. The number of aromatic nitrogens is 2. The summed E-state index contributed by atoms with van der Waals surface area (Å²) in [6.07, 6.45) is 6.18. The monoisotopic (exact) mass is 420 g/mol. The first-order valence-corrected chi connectivity index (χ1v) is 11.0. The van der Waals surface area contributed by atoms with Crippen LogP contribution >= 0.6 is 11.6 Å². The van der Waals surface area contributed by atoms with Gasteiger partial charge >= 0.3 is 0 Å². The van der Waals surface area contributed by atoms with E-state index in [1.165, 1.54) is 0 Å². The topological polar surface area (TPSA) is 49.3 Å². The number of carbonyl (C=O) groups is 1. The number of halogens is 1. The van der Waals surface area contributed by atoms with Gasteiger partial charge in [-0.3, -0.25) is 4.79 Å². The standard InChI is InChI=1S/C24H25ClN4O/c25-19-9-6-18(7-10-19)8-11-22(30)28-14-3-12-24(16-28)13-15-29(24)23-20-4-1-2-5-21(20)26-17-27-23/h1-2,4-7,9-10,17H,3,8,11-16H2/t24-/m0/s1. The van der Waals surface area contributed by atoms with Crippen molar-refractivity contribution in [1.29, 1.82) is 0 Å². The molecule has 30 heavy (non-hydrogen) atoms. The van der Waals surface area contributed by atoms with E-state index in [2.05, 4.69) is 25.8 Å². The number of para-hydroxylation sites is 1. The predicted octanol–water partition coefficient (Wildman–Crippen LogP) is 4.49. The largest absolute Gasteiger partial charge is 0.348 e. The van der Waals surface area contributed by atoms with Gasteiger partial charge in [-0.05, 0) is 55.5 Å². The lowest BCUT2D eigenvalue weighted by atomic mass is 9.77. The van der Waals surface area contributed by atoms with Crippen molar-refractivity contribution in [1.82, 2.24) is 14.9 Å². The van der Waals surface area contributed by atoms with Gasteiger partial charge in [0.05, 0.1) is 11.1 Å². The summed E-state index contributed by atoms with van der Waals surface area (Å²) in [5.41, 5.74) is 2.12. The molecule has 2 fully saturated rings. The number of hydrogen-bond donors (Lipinski definition) is 0. The van der Waals surface area contributed by atoms with Crippen LogP contribution in [0.5, 0.6) is 0 Å². The van der Waals surface area contributed by atoms with Crippen LogP contribution in [0, 0.1) is 0 Å². The van der Waals surface area contributed by atoms with E-state index in [0.717, 1.165) is 72.6 Å². The van der Waals surface area contributed by atoms with Gasteiger partial charge in [0.25, 0.3) is 0 Å². The second-order valence-corrected chi connectivity index (χ2v) is 8.82. The van der Waals surface area contributed by atoms with Gasteiger partial charge in [-0.1, -0.05) is 35.9 Å². The third kappa shape index (κ3) is 3.52. The molecule has 2 aromatic carbocycles. The number of fused-ring (bicyclic) bond motifs is 1. The third-order valence-electron chi connectivity index (χ3n) is 6.60. The van der Waals surface area contributed by atoms with E-state index in [1.807, 2.05) is 42.5 Å². The van der Waals surface area contributed by atoms with Crippen LogP contribution < -0.4 is 4.90 Å². The first-order chi connectivity index (χ1) is 14.6. The molecule has 3 heterocycles. The zero-order valence-electron chi connectivity index (χ0n) is 16.9. The summed E-state index contributed by atoms with van der Waals surface area (Å²) in [4.78, 5) is 26.5. The molecule has 0 saturated carbocycles. The van der Waals surface area contributed by atoms with Gasteiger partial charge in [-0.25, -0.2) is 9.97 Å². The normalized spacial score (nSPS) is 21.1. The van der Waals surface area contributed by atoms with E-state index in [1.54, 1.807) is 6.33 Å². The first-order valence-electron chi connectivity index (χ1n) is 10.6. The zero-order chi connectivity index (χ0) is 20.6. The number of piperidine rings is 1. The van der Waals surface area contributed by atoms with Crippen molar-refractivity contribution >= 4 is 34.2 Å². The third-order valence-corrected chi connectivity index (χ3v) is 6.85. The fourth-order valence-electron chi connectivity index (χ4n) is 4.89. The molecule has 0 unspecified atom stereocenters. The minimum atomic E-state index is 0.00526. The molecular weight excluding hydrogens is 396 g/mol. The van der Waals surface area contributed by atoms with Gasteiger partial charge in [-0.15, -0.1) is 0 Å². The Balaban J connectivity index is 1.30. The Morgan fingerprint density at radius 2 is 1.87 bits per heavy atom. The number of rotatable bonds is 4. The first kappa shape index (κ1) is 19.3. The molecule has 1 aromatic heterocycles. The van der Waals surface area contributed by atoms with Crippen molar-refractivity contribution in [3.05, 3.63) is 65.4 Å². The highest BCUT2D eigenvalue weighted by Gasteiger charge is 2.49. The van der Waals surface area contributed by atoms with Crippen molar-refractivity contribution in [2.75, 3.05) is 24.5 Å². The van der Waals surface area contributed by atoms with Crippen LogP contribution in [0.4, 0.5) is 5.82 Å². The minimum Gasteiger partial charge on any atom is -0.348 e. The molecule has 0 aliphatic carbocycles. The van der Waals surface area contributed by atoms with Crippen molar-refractivity contribution in [2.45, 2.75) is 37.6 Å². The fraction of sp³-hybridized carbons (Fsp3) is 0.375. The maximum absolute atomic E-state index is 13.0. The van der Waals surface area contributed by atoms with Crippen molar-refractivity contribution < 1.29 is 4.79 Å². The highest BCUT2D eigenvalue weighted by Crippen LogP contribution is 2.43. The summed E-state index contributed by atoms with van der Waals surface area (Å²) in [6.45, 7) is 2.61. The smallest absolute Gasteiger partial charge is 0.222 e. The molecule has 2 aliphatic rings. The van der Waals surface area contributed by atoms with Gasteiger partial charge < -0.3 is 9.80 Å². The number of anilines is 1. The van der Waals surface area contributed by atoms with Crippen LogP contribution in [-0.2, 0) is 11.2 Å². The van der Waals surface area contributed by atoms with Crippen molar-refractivity contribution in [2.24, 2.45) is 0 Å². The van der Waals surface area contributed by atoms with Crippen LogP contribution in [0.2, 0.25) is 5.02 Å². The highest BCUT2D eigenvalue weighted by molar-refractivity contribution is 6.30. The molecule has 0 bridgehead atoms. The van der Waals surface area contributed by atoms with Crippen LogP contribution in [-0.4, -0.2) is 45.9 Å². The summed E-state index contributed by atoms with van der Waals surface area (Å²) in [5, 5.41) is 1.82. The van der Waals surface area contributed by atoms with E-state index < -0.39 is 0 Å². The van der Waals surface area contributed by atoms with Crippen molar-refractivity contribution in [3.8, 4) is 0 Å². The molecule has 5 nitrogen and oxygen atoms in total. The second-order valence-electron chi connectivity index (χ2n) is 8.39. The zero-order valence-corrected chi connectivity index (χ0v) is 17.7. The number of nitrogens with zero attached hydrogens (tertiary/aromatic N) is 4. The number of benzene rings is 2. The molecule has 2 aliphatic heterocycles. The van der Waals surface area contributed by atoms with Gasteiger partial charge in [0.1, 0.15) is 12.1 Å². The SMILES string of the molecule is O=C(CCc1ccc(Cl)cc1)N1CCC[C@]2(CCN2c2ncnc3ccccc23)C1. The lowest BCUT2D eigenvalue weighted by Gasteiger charge is -2.57. The number of likely N-dealkylation sites (tertiary alicyclic amines) is 1. The molecule has 1 atom stereocenters. The van der Waals surface area contributed by atoms with Gasteiger partial charge in [0.2, 0.25) is 5.91 Å². The Morgan fingerprint density at radius 3 is 2.67 bits per heavy atom. The minimum absolute atomic E-state index is 0.00526. The van der Waals surface area contributed by atoms with Crippen LogP contribution in [0.1, 0.15) is 31.2 Å². The Morgan fingerprint density at radius 1 is 1.03 bits per heavy atom. The maximum Gasteiger partial charge on any atom is 0.222 e. The Bertz CT molecular complexity index is 1060. The average Bonchev–Trinajstić information content (AvgIpc) is 2.78. The number of carbonyl (C=O) groups excluding carboxylic acids is 1. The lowest BCUT2D eigenvalue weighted by Crippen LogP contribution is -2.68. The summed E-state index contributed by atoms with van der Waals surface area (Å²) in [7, 11) is 0. The molecule has 154 valence electrons. The fourth-order valence-corrected chi connectivity index (χ4v) is 5.01.